The molecule has 0 aliphatic heterocycles. The molecule has 0 spiro atoms. The molecule has 0 saturated carbocycles. The first-order valence-corrected chi connectivity index (χ1v) is 6.22. The molecule has 0 aliphatic carbocycles. The number of rotatable bonds is 7. The van der Waals surface area contributed by atoms with Gasteiger partial charge in [0.15, 0.2) is 0 Å². The number of hydrogen-bond acceptors (Lipinski definition) is 2. The van der Waals surface area contributed by atoms with E-state index in [1.165, 1.54) is 25.3 Å². The van der Waals surface area contributed by atoms with Gasteiger partial charge in [-0.1, -0.05) is 32.2 Å². The van der Waals surface area contributed by atoms with Crippen LogP contribution in [0.1, 0.15) is 26.2 Å². The van der Waals surface area contributed by atoms with E-state index in [0.717, 1.165) is 0 Å². The molecular formula is C8H20O2Si. The zero-order valence-electron chi connectivity index (χ0n) is 7.93. The topological polar surface area (TPSA) is 18.5 Å². The predicted octanol–water partition coefficient (Wildman–Crippen LogP) is 1.34. The molecule has 0 atom stereocenters. The summed E-state index contributed by atoms with van der Waals surface area (Å²) in [5, 5.41) is 0. The van der Waals surface area contributed by atoms with Crippen molar-refractivity contribution in [2.24, 2.45) is 0 Å². The molecule has 0 rings (SSSR count). The molecular weight excluding hydrogens is 156 g/mol. The normalized spacial score (nSPS) is 12.0. The van der Waals surface area contributed by atoms with Crippen LogP contribution in [0.5, 0.6) is 0 Å². The molecule has 3 heteroatoms. The summed E-state index contributed by atoms with van der Waals surface area (Å²) in [5.74, 6) is 0.145. The zero-order valence-corrected chi connectivity index (χ0v) is 9.34. The van der Waals surface area contributed by atoms with Crippen LogP contribution in [0.3, 0.4) is 0 Å². The van der Waals surface area contributed by atoms with Gasteiger partial charge in [0.05, 0.1) is 9.52 Å². The quantitative estimate of drug-likeness (QED) is 0.331. The number of methoxy groups -OCH3 is 2. The number of ether oxygens (including phenoxy) is 2. The molecule has 0 radical (unpaired) electrons. The van der Waals surface area contributed by atoms with Gasteiger partial charge in [0, 0.05) is 14.2 Å². The van der Waals surface area contributed by atoms with Gasteiger partial charge in [-0.15, -0.1) is 0 Å². The lowest BCUT2D eigenvalue weighted by molar-refractivity contribution is -0.0441. The summed E-state index contributed by atoms with van der Waals surface area (Å²) in [4.78, 5) is 0. The van der Waals surface area contributed by atoms with Gasteiger partial charge in [0.25, 0.3) is 0 Å². The van der Waals surface area contributed by atoms with Gasteiger partial charge in [0.2, 0.25) is 0 Å². The maximum absolute atomic E-state index is 5.12. The van der Waals surface area contributed by atoms with Gasteiger partial charge in [-0.25, -0.2) is 0 Å². The summed E-state index contributed by atoms with van der Waals surface area (Å²) < 4.78 is 10.2. The first kappa shape index (κ1) is 11.1. The molecule has 0 heterocycles. The molecule has 68 valence electrons. The van der Waals surface area contributed by atoms with E-state index >= 15 is 0 Å². The summed E-state index contributed by atoms with van der Waals surface area (Å²) >= 11 is 0. The van der Waals surface area contributed by atoms with Crippen molar-refractivity contribution >= 4 is 9.52 Å². The van der Waals surface area contributed by atoms with Crippen LogP contribution in [0.4, 0.5) is 0 Å². The number of unbranched alkanes of at least 4 members (excludes halogenated alkanes) is 2. The van der Waals surface area contributed by atoms with Gasteiger partial charge >= 0.3 is 0 Å². The highest BCUT2D eigenvalue weighted by Crippen LogP contribution is 2.01. The van der Waals surface area contributed by atoms with Crippen LogP contribution in [0, 0.1) is 0 Å². The standard InChI is InChI=1S/C8H20O2Si/c1-4-5-6-7-11-8(9-2)10-3/h8H,4-7,11H2,1-3H3. The van der Waals surface area contributed by atoms with Crippen LogP contribution >= 0.6 is 0 Å². The third-order valence-electron chi connectivity index (χ3n) is 1.82. The van der Waals surface area contributed by atoms with Gasteiger partial charge in [-0.2, -0.15) is 0 Å². The van der Waals surface area contributed by atoms with E-state index < -0.39 is 0 Å². The Morgan fingerprint density at radius 1 is 1.18 bits per heavy atom. The van der Waals surface area contributed by atoms with E-state index in [1.54, 1.807) is 14.2 Å². The molecule has 0 unspecified atom stereocenters. The van der Waals surface area contributed by atoms with Crippen molar-refractivity contribution in [1.82, 2.24) is 0 Å². The Labute approximate surface area is 72.1 Å². The second kappa shape index (κ2) is 8.24. The molecule has 0 N–H and O–H groups in total. The highest BCUT2D eigenvalue weighted by atomic mass is 28.2. The molecule has 0 aromatic rings. The summed E-state index contributed by atoms with van der Waals surface area (Å²) in [6.45, 7) is 2.23. The molecule has 0 fully saturated rings. The average Bonchev–Trinajstić information content (AvgIpc) is 2.05. The van der Waals surface area contributed by atoms with E-state index in [2.05, 4.69) is 6.92 Å². The first-order chi connectivity index (χ1) is 5.35. The van der Waals surface area contributed by atoms with Crippen molar-refractivity contribution in [2.45, 2.75) is 38.1 Å². The van der Waals surface area contributed by atoms with Crippen LogP contribution in [-0.2, 0) is 9.47 Å². The number of hydrogen-bond donors (Lipinski definition) is 0. The van der Waals surface area contributed by atoms with Crippen molar-refractivity contribution < 1.29 is 9.47 Å². The second-order valence-electron chi connectivity index (χ2n) is 2.75. The lowest BCUT2D eigenvalue weighted by atomic mass is 10.3. The molecule has 0 bridgehead atoms. The monoisotopic (exact) mass is 176 g/mol. The average molecular weight is 176 g/mol. The van der Waals surface area contributed by atoms with E-state index in [4.69, 9.17) is 9.47 Å². The van der Waals surface area contributed by atoms with Gasteiger partial charge in [0.1, 0.15) is 5.91 Å². The Morgan fingerprint density at radius 3 is 2.27 bits per heavy atom. The first-order valence-electron chi connectivity index (χ1n) is 4.40. The molecule has 2 nitrogen and oxygen atoms in total. The minimum Gasteiger partial charge on any atom is -0.360 e. The second-order valence-corrected chi connectivity index (χ2v) is 4.70. The van der Waals surface area contributed by atoms with Crippen molar-refractivity contribution in [2.75, 3.05) is 14.2 Å². The van der Waals surface area contributed by atoms with Crippen LogP contribution < -0.4 is 0 Å². The van der Waals surface area contributed by atoms with E-state index in [0.29, 0.717) is 0 Å². The molecule has 0 aliphatic rings. The lowest BCUT2D eigenvalue weighted by Gasteiger charge is -2.11. The Morgan fingerprint density at radius 2 is 1.82 bits per heavy atom. The van der Waals surface area contributed by atoms with Crippen molar-refractivity contribution in [1.29, 1.82) is 0 Å². The van der Waals surface area contributed by atoms with Gasteiger partial charge in [-0.3, -0.25) is 0 Å². The zero-order chi connectivity index (χ0) is 8.53. The van der Waals surface area contributed by atoms with Crippen LogP contribution in [-0.4, -0.2) is 29.7 Å². The summed E-state index contributed by atoms with van der Waals surface area (Å²) in [5.41, 5.74) is 0. The molecule has 0 saturated heterocycles. The fraction of sp³-hybridized carbons (Fsp3) is 1.00. The minimum absolute atomic E-state index is 0.140. The Balaban J connectivity index is 3.07. The summed E-state index contributed by atoms with van der Waals surface area (Å²) in [7, 11) is 3.31. The van der Waals surface area contributed by atoms with E-state index in [9.17, 15) is 0 Å². The van der Waals surface area contributed by atoms with E-state index in [-0.39, 0.29) is 15.4 Å². The Hall–Kier alpha value is 0.137. The smallest absolute Gasteiger partial charge is 0.134 e. The van der Waals surface area contributed by atoms with Crippen LogP contribution in [0.25, 0.3) is 0 Å². The van der Waals surface area contributed by atoms with E-state index in [1.807, 2.05) is 0 Å². The van der Waals surface area contributed by atoms with Crippen LogP contribution in [0.2, 0.25) is 6.04 Å². The maximum atomic E-state index is 5.12. The van der Waals surface area contributed by atoms with Gasteiger partial charge < -0.3 is 9.47 Å². The highest BCUT2D eigenvalue weighted by Gasteiger charge is 2.03. The Bertz CT molecular complexity index is 74.5. The van der Waals surface area contributed by atoms with Crippen LogP contribution in [0.15, 0.2) is 0 Å². The summed E-state index contributed by atoms with van der Waals surface area (Å²) in [6.07, 6.45) is 4.01. The minimum atomic E-state index is -0.140. The maximum Gasteiger partial charge on any atom is 0.134 e. The fourth-order valence-corrected chi connectivity index (χ4v) is 2.52. The van der Waals surface area contributed by atoms with Crippen molar-refractivity contribution in [3.63, 3.8) is 0 Å². The van der Waals surface area contributed by atoms with Crippen molar-refractivity contribution in [3.8, 4) is 0 Å². The SMILES string of the molecule is CCCCC[SiH2]C(OC)OC. The highest BCUT2D eigenvalue weighted by molar-refractivity contribution is 6.36. The molecule has 0 amide bonds. The fourth-order valence-electron chi connectivity index (χ4n) is 1.07. The molecule has 11 heavy (non-hydrogen) atoms. The third kappa shape index (κ3) is 6.53. The van der Waals surface area contributed by atoms with Crippen molar-refractivity contribution in [3.05, 3.63) is 0 Å². The predicted molar refractivity (Wildman–Crippen MR) is 50.7 cm³/mol. The van der Waals surface area contributed by atoms with Gasteiger partial charge in [-0.05, 0) is 0 Å². The third-order valence-corrected chi connectivity index (χ3v) is 3.87. The lowest BCUT2D eigenvalue weighted by Crippen LogP contribution is -2.20. The molecule has 0 aromatic carbocycles. The molecule has 0 aromatic heterocycles. The largest absolute Gasteiger partial charge is 0.360 e. The summed E-state index contributed by atoms with van der Waals surface area (Å²) in [6, 6.07) is 1.35. The Kier molecular flexibility index (Phi) is 8.34.